The van der Waals surface area contributed by atoms with E-state index in [1.54, 1.807) is 29.1 Å². The summed E-state index contributed by atoms with van der Waals surface area (Å²) in [5, 5.41) is 4.14. The van der Waals surface area contributed by atoms with Crippen LogP contribution in [0.2, 0.25) is 0 Å². The minimum absolute atomic E-state index is 0.0493. The first-order chi connectivity index (χ1) is 19.0. The van der Waals surface area contributed by atoms with Gasteiger partial charge in [0.25, 0.3) is 5.56 Å². The van der Waals surface area contributed by atoms with Gasteiger partial charge in [0.2, 0.25) is 0 Å². The van der Waals surface area contributed by atoms with Gasteiger partial charge in [-0.15, -0.1) is 0 Å². The van der Waals surface area contributed by atoms with E-state index in [1.165, 1.54) is 18.7 Å². The van der Waals surface area contributed by atoms with Crippen molar-refractivity contribution in [1.82, 2.24) is 29.5 Å². The number of fused-ring (bicyclic) bond motifs is 2. The van der Waals surface area contributed by atoms with Gasteiger partial charge < -0.3 is 5.32 Å². The highest BCUT2D eigenvalue weighted by molar-refractivity contribution is 5.94. The Morgan fingerprint density at radius 2 is 1.56 bits per heavy atom. The Labute approximate surface area is 223 Å². The standard InChI is InChI=1S/C30H24FN7O/c1-18(2)27(37-28-26-22(31)11-7-12-23(26)34-17-35-28)29-36-24-13-6-10-21(19-14-32-16-33-15-19)25(24)30(39)38(29)20-8-4-3-5-9-20/h3-18,27H,1-2H3,(H,34,35,37)/t27-/m0/s1. The summed E-state index contributed by atoms with van der Waals surface area (Å²) in [5.41, 5.74) is 2.87. The van der Waals surface area contributed by atoms with Gasteiger partial charge in [-0.1, -0.05) is 50.2 Å². The Kier molecular flexibility index (Phi) is 6.24. The fraction of sp³-hybridized carbons (Fsp3) is 0.133. The van der Waals surface area contributed by atoms with Crippen molar-refractivity contribution in [3.05, 3.63) is 114 Å². The second kappa shape index (κ2) is 10.0. The molecular weight excluding hydrogens is 493 g/mol. The zero-order chi connectivity index (χ0) is 26.9. The lowest BCUT2D eigenvalue weighted by Crippen LogP contribution is -2.31. The highest BCUT2D eigenvalue weighted by Gasteiger charge is 2.26. The lowest BCUT2D eigenvalue weighted by atomic mass is 10.0. The van der Waals surface area contributed by atoms with E-state index in [9.17, 15) is 9.18 Å². The molecule has 39 heavy (non-hydrogen) atoms. The van der Waals surface area contributed by atoms with Gasteiger partial charge in [0.15, 0.2) is 0 Å². The normalized spacial score (nSPS) is 12.2. The van der Waals surface area contributed by atoms with Gasteiger partial charge >= 0.3 is 0 Å². The fourth-order valence-corrected chi connectivity index (χ4v) is 4.82. The summed E-state index contributed by atoms with van der Waals surface area (Å²) in [5.74, 6) is 0.339. The Morgan fingerprint density at radius 1 is 0.821 bits per heavy atom. The largest absolute Gasteiger partial charge is 0.359 e. The molecule has 3 heterocycles. The molecule has 9 heteroatoms. The number of benzene rings is 3. The van der Waals surface area contributed by atoms with Crippen LogP contribution >= 0.6 is 0 Å². The highest BCUT2D eigenvalue weighted by atomic mass is 19.1. The van der Waals surface area contributed by atoms with Crippen molar-refractivity contribution in [1.29, 1.82) is 0 Å². The summed E-state index contributed by atoms with van der Waals surface area (Å²) >= 11 is 0. The molecule has 0 unspecified atom stereocenters. The van der Waals surface area contributed by atoms with Gasteiger partial charge in [-0.2, -0.15) is 0 Å². The van der Waals surface area contributed by atoms with Crippen molar-refractivity contribution in [2.45, 2.75) is 19.9 Å². The SMILES string of the molecule is CC(C)[C@H](Nc1ncnc2cccc(F)c12)c1nc2cccc(-c3cncnc3)c2c(=O)n1-c1ccccc1. The Bertz CT molecular complexity index is 1850. The van der Waals surface area contributed by atoms with Crippen LogP contribution in [-0.4, -0.2) is 29.5 Å². The molecule has 0 bridgehead atoms. The highest BCUT2D eigenvalue weighted by Crippen LogP contribution is 2.32. The topological polar surface area (TPSA) is 98.5 Å². The molecule has 0 spiro atoms. The zero-order valence-corrected chi connectivity index (χ0v) is 21.3. The van der Waals surface area contributed by atoms with Crippen molar-refractivity contribution in [3.8, 4) is 16.8 Å². The molecule has 0 aliphatic heterocycles. The molecule has 0 aliphatic carbocycles. The van der Waals surface area contributed by atoms with Crippen molar-refractivity contribution < 1.29 is 4.39 Å². The third-order valence-electron chi connectivity index (χ3n) is 6.66. The molecule has 6 rings (SSSR count). The summed E-state index contributed by atoms with van der Waals surface area (Å²) in [6.45, 7) is 4.03. The maximum Gasteiger partial charge on any atom is 0.266 e. The van der Waals surface area contributed by atoms with E-state index in [1.807, 2.05) is 62.4 Å². The van der Waals surface area contributed by atoms with Gasteiger partial charge in [0, 0.05) is 18.0 Å². The number of hydrogen-bond acceptors (Lipinski definition) is 7. The summed E-state index contributed by atoms with van der Waals surface area (Å²) in [7, 11) is 0. The van der Waals surface area contributed by atoms with E-state index in [0.717, 1.165) is 5.56 Å². The van der Waals surface area contributed by atoms with Crippen LogP contribution in [-0.2, 0) is 0 Å². The number of rotatable bonds is 6. The van der Waals surface area contributed by atoms with E-state index >= 15 is 0 Å². The van der Waals surface area contributed by atoms with Crippen LogP contribution in [0.5, 0.6) is 0 Å². The van der Waals surface area contributed by atoms with E-state index in [2.05, 4.69) is 25.3 Å². The molecule has 0 saturated carbocycles. The number of halogens is 1. The number of anilines is 1. The van der Waals surface area contributed by atoms with E-state index in [0.29, 0.717) is 39.3 Å². The molecule has 8 nitrogen and oxygen atoms in total. The molecular formula is C30H24FN7O. The third kappa shape index (κ3) is 4.37. The quantitative estimate of drug-likeness (QED) is 0.301. The molecule has 3 aromatic carbocycles. The number of aromatic nitrogens is 6. The zero-order valence-electron chi connectivity index (χ0n) is 21.3. The van der Waals surface area contributed by atoms with Crippen molar-refractivity contribution in [3.63, 3.8) is 0 Å². The molecule has 1 N–H and O–H groups in total. The molecule has 1 atom stereocenters. The third-order valence-corrected chi connectivity index (χ3v) is 6.66. The van der Waals surface area contributed by atoms with Crippen LogP contribution in [0.3, 0.4) is 0 Å². The lowest BCUT2D eigenvalue weighted by Gasteiger charge is -2.26. The summed E-state index contributed by atoms with van der Waals surface area (Å²) in [6.07, 6.45) is 6.20. The molecule has 192 valence electrons. The number of nitrogens with one attached hydrogen (secondary N) is 1. The van der Waals surface area contributed by atoms with Gasteiger partial charge in [0.05, 0.1) is 33.5 Å². The van der Waals surface area contributed by atoms with Crippen molar-refractivity contribution in [2.75, 3.05) is 5.32 Å². The molecule has 0 aliphatic rings. The Morgan fingerprint density at radius 3 is 2.33 bits per heavy atom. The number of hydrogen-bond donors (Lipinski definition) is 1. The Balaban J connectivity index is 1.62. The second-order valence-electron chi connectivity index (χ2n) is 9.50. The fourth-order valence-electron chi connectivity index (χ4n) is 4.82. The van der Waals surface area contributed by atoms with Crippen LogP contribution in [0.1, 0.15) is 25.7 Å². The summed E-state index contributed by atoms with van der Waals surface area (Å²) in [4.78, 5) is 36.2. The maximum absolute atomic E-state index is 14.9. The maximum atomic E-state index is 14.9. The van der Waals surface area contributed by atoms with Crippen molar-refractivity contribution in [2.24, 2.45) is 5.92 Å². The van der Waals surface area contributed by atoms with E-state index in [4.69, 9.17) is 4.98 Å². The first-order valence-electron chi connectivity index (χ1n) is 12.5. The molecule has 0 fully saturated rings. The van der Waals surface area contributed by atoms with Gasteiger partial charge in [0.1, 0.15) is 30.1 Å². The molecule has 0 amide bonds. The monoisotopic (exact) mass is 517 g/mol. The second-order valence-corrected chi connectivity index (χ2v) is 9.50. The van der Waals surface area contributed by atoms with Crippen LogP contribution in [0.4, 0.5) is 10.2 Å². The van der Waals surface area contributed by atoms with E-state index < -0.39 is 11.9 Å². The lowest BCUT2D eigenvalue weighted by molar-refractivity contribution is 0.509. The van der Waals surface area contributed by atoms with Crippen molar-refractivity contribution >= 4 is 27.6 Å². The van der Waals surface area contributed by atoms with Gasteiger partial charge in [-0.25, -0.2) is 29.3 Å². The minimum Gasteiger partial charge on any atom is -0.359 e. The predicted molar refractivity (Wildman–Crippen MR) is 149 cm³/mol. The van der Waals surface area contributed by atoms with Crippen LogP contribution in [0.15, 0.2) is 96.6 Å². The summed E-state index contributed by atoms with van der Waals surface area (Å²) < 4.78 is 16.5. The van der Waals surface area contributed by atoms with Gasteiger partial charge in [-0.3, -0.25) is 9.36 Å². The first-order valence-corrected chi connectivity index (χ1v) is 12.5. The Hall–Kier alpha value is -5.05. The van der Waals surface area contributed by atoms with Gasteiger partial charge in [-0.05, 0) is 41.8 Å². The molecule has 6 aromatic rings. The molecule has 3 aromatic heterocycles. The van der Waals surface area contributed by atoms with E-state index in [-0.39, 0.29) is 16.9 Å². The first kappa shape index (κ1) is 24.3. The number of nitrogens with zero attached hydrogens (tertiary/aromatic N) is 6. The smallest absolute Gasteiger partial charge is 0.266 e. The van der Waals surface area contributed by atoms with Crippen LogP contribution in [0, 0.1) is 11.7 Å². The predicted octanol–water partition coefficient (Wildman–Crippen LogP) is 5.73. The minimum atomic E-state index is -0.497. The summed E-state index contributed by atoms with van der Waals surface area (Å²) in [6, 6.07) is 19.1. The molecule has 0 radical (unpaired) electrons. The van der Waals surface area contributed by atoms with Crippen LogP contribution < -0.4 is 10.9 Å². The average Bonchev–Trinajstić information content (AvgIpc) is 2.96. The average molecular weight is 518 g/mol. The van der Waals surface area contributed by atoms with Crippen LogP contribution in [0.25, 0.3) is 38.6 Å². The molecule has 0 saturated heterocycles. The number of para-hydroxylation sites is 1.